The van der Waals surface area contributed by atoms with Crippen molar-refractivity contribution in [3.8, 4) is 0 Å². The first-order valence-electron chi connectivity index (χ1n) is 8.87. The lowest BCUT2D eigenvalue weighted by atomic mass is 10.2. The van der Waals surface area contributed by atoms with Crippen LogP contribution in [0.2, 0.25) is 0 Å². The van der Waals surface area contributed by atoms with E-state index in [0.717, 1.165) is 17.5 Å². The van der Waals surface area contributed by atoms with Crippen molar-refractivity contribution in [1.29, 1.82) is 0 Å². The van der Waals surface area contributed by atoms with E-state index in [-0.39, 0.29) is 5.91 Å². The third-order valence-corrected chi connectivity index (χ3v) is 4.09. The Morgan fingerprint density at radius 2 is 2.07 bits per heavy atom. The third-order valence-electron chi connectivity index (χ3n) is 4.09. The Kier molecular flexibility index (Phi) is 5.34. The highest BCUT2D eigenvalue weighted by Gasteiger charge is 2.36. The highest BCUT2D eigenvalue weighted by atomic mass is 16.6. The van der Waals surface area contributed by atoms with Crippen molar-refractivity contribution in [3.05, 3.63) is 36.2 Å². The molecular weight excluding hydrogens is 346 g/mol. The van der Waals surface area contributed by atoms with Gasteiger partial charge in [-0.25, -0.2) is 10.2 Å². The zero-order chi connectivity index (χ0) is 19.4. The summed E-state index contributed by atoms with van der Waals surface area (Å²) in [6, 6.07) is 4.97. The van der Waals surface area contributed by atoms with Crippen LogP contribution in [0.1, 0.15) is 39.2 Å². The molecule has 27 heavy (non-hydrogen) atoms. The maximum atomic E-state index is 12.5. The first kappa shape index (κ1) is 18.8. The van der Waals surface area contributed by atoms with Crippen molar-refractivity contribution < 1.29 is 14.3 Å². The quantitative estimate of drug-likeness (QED) is 0.662. The number of nitrogens with one attached hydrogen (secondary N) is 1. The van der Waals surface area contributed by atoms with E-state index in [9.17, 15) is 9.59 Å². The number of carbonyl (C=O) groups excluding carboxylic acids is 2. The van der Waals surface area contributed by atoms with Crippen LogP contribution in [-0.2, 0) is 9.53 Å². The van der Waals surface area contributed by atoms with Crippen LogP contribution in [0.5, 0.6) is 0 Å². The second-order valence-electron chi connectivity index (χ2n) is 7.34. The molecule has 3 rings (SSSR count). The van der Waals surface area contributed by atoms with E-state index >= 15 is 0 Å². The predicted octanol–water partition coefficient (Wildman–Crippen LogP) is 2.48. The first-order valence-corrected chi connectivity index (χ1v) is 8.87. The highest BCUT2D eigenvalue weighted by Crippen LogP contribution is 2.21. The van der Waals surface area contributed by atoms with E-state index in [1.165, 1.54) is 11.1 Å². The molecule has 0 spiro atoms. The first-order chi connectivity index (χ1) is 12.8. The molecule has 1 aromatic carbocycles. The van der Waals surface area contributed by atoms with Crippen LogP contribution in [0.15, 0.2) is 35.7 Å². The molecule has 142 valence electrons. The fourth-order valence-electron chi connectivity index (χ4n) is 2.94. The fraction of sp³-hybridized carbons (Fsp3) is 0.421. The molecule has 0 unspecified atom stereocenters. The maximum absolute atomic E-state index is 12.5. The minimum absolute atomic E-state index is 0.332. The summed E-state index contributed by atoms with van der Waals surface area (Å²) in [4.78, 5) is 34.7. The number of rotatable bonds is 3. The summed E-state index contributed by atoms with van der Waals surface area (Å²) in [6.07, 6.45) is 5.61. The van der Waals surface area contributed by atoms with E-state index in [1.807, 2.05) is 18.2 Å². The average Bonchev–Trinajstić information content (AvgIpc) is 3.10. The number of ether oxygens (including phenoxy) is 1. The second-order valence-corrected chi connectivity index (χ2v) is 7.34. The topological polar surface area (TPSA) is 96.8 Å². The standard InChI is InChI=1S/C19H23N5O3/c1-19(2,3)27-18(26)24-11-5-8-15(24)17(25)23-22-12-13-6-4-7-14-16(13)21-10-9-20-14/h4,6-7,9-10,12,15H,5,8,11H2,1-3H3,(H,23,25)/b22-12-/t15-/m1/s1. The molecule has 1 atom stereocenters. The summed E-state index contributed by atoms with van der Waals surface area (Å²) >= 11 is 0. The Morgan fingerprint density at radius 3 is 2.85 bits per heavy atom. The van der Waals surface area contributed by atoms with Crippen molar-refractivity contribution in [3.63, 3.8) is 0 Å². The lowest BCUT2D eigenvalue weighted by Gasteiger charge is -2.27. The highest BCUT2D eigenvalue weighted by molar-refractivity contribution is 5.96. The summed E-state index contributed by atoms with van der Waals surface area (Å²) in [5, 5.41) is 4.03. The summed E-state index contributed by atoms with van der Waals surface area (Å²) < 4.78 is 5.38. The van der Waals surface area contributed by atoms with Crippen LogP contribution in [0.25, 0.3) is 11.0 Å². The van der Waals surface area contributed by atoms with Crippen molar-refractivity contribution in [2.24, 2.45) is 5.10 Å². The average molecular weight is 369 g/mol. The van der Waals surface area contributed by atoms with Gasteiger partial charge in [-0.15, -0.1) is 0 Å². The van der Waals surface area contributed by atoms with E-state index in [0.29, 0.717) is 18.5 Å². The van der Waals surface area contributed by atoms with Gasteiger partial charge in [-0.2, -0.15) is 5.10 Å². The maximum Gasteiger partial charge on any atom is 0.410 e. The van der Waals surface area contributed by atoms with E-state index in [2.05, 4.69) is 20.5 Å². The lowest BCUT2D eigenvalue weighted by Crippen LogP contribution is -2.46. The molecule has 1 aliphatic heterocycles. The Morgan fingerprint density at radius 1 is 1.30 bits per heavy atom. The normalized spacial score (nSPS) is 17.4. The van der Waals surface area contributed by atoms with Crippen molar-refractivity contribution >= 4 is 29.2 Å². The second kappa shape index (κ2) is 7.69. The molecule has 2 amide bonds. The number of aromatic nitrogens is 2. The van der Waals surface area contributed by atoms with Gasteiger partial charge < -0.3 is 4.74 Å². The number of fused-ring (bicyclic) bond motifs is 1. The summed E-state index contributed by atoms with van der Waals surface area (Å²) in [5.41, 5.74) is 4.11. The number of hydrazone groups is 1. The molecule has 1 fully saturated rings. The fourth-order valence-corrected chi connectivity index (χ4v) is 2.94. The van der Waals surface area contributed by atoms with Gasteiger partial charge in [0.25, 0.3) is 5.91 Å². The number of hydrogen-bond donors (Lipinski definition) is 1. The minimum atomic E-state index is -0.603. The van der Waals surface area contributed by atoms with Gasteiger partial charge in [0.2, 0.25) is 0 Å². The zero-order valence-corrected chi connectivity index (χ0v) is 15.7. The Bertz CT molecular complexity index is 870. The van der Waals surface area contributed by atoms with Crippen LogP contribution < -0.4 is 5.43 Å². The zero-order valence-electron chi connectivity index (χ0n) is 15.7. The molecule has 2 heterocycles. The number of benzene rings is 1. The molecule has 1 aliphatic rings. The molecule has 8 nitrogen and oxygen atoms in total. The SMILES string of the molecule is CC(C)(C)OC(=O)N1CCC[C@@H]1C(=O)N/N=C\c1cccc2nccnc12. The largest absolute Gasteiger partial charge is 0.444 e. The van der Waals surface area contributed by atoms with Gasteiger partial charge in [-0.1, -0.05) is 12.1 Å². The van der Waals surface area contributed by atoms with Gasteiger partial charge in [-0.3, -0.25) is 19.7 Å². The monoisotopic (exact) mass is 369 g/mol. The van der Waals surface area contributed by atoms with Crippen LogP contribution >= 0.6 is 0 Å². The Labute approximate surface area is 157 Å². The Hall–Kier alpha value is -3.03. The molecular formula is C19H23N5O3. The smallest absolute Gasteiger partial charge is 0.410 e. The molecule has 1 aromatic heterocycles. The lowest BCUT2D eigenvalue weighted by molar-refractivity contribution is -0.125. The van der Waals surface area contributed by atoms with Gasteiger partial charge in [0.1, 0.15) is 11.6 Å². The number of likely N-dealkylation sites (tertiary alicyclic amines) is 1. The van der Waals surface area contributed by atoms with Crippen LogP contribution in [0.3, 0.4) is 0 Å². The molecule has 0 aliphatic carbocycles. The van der Waals surface area contributed by atoms with Gasteiger partial charge in [-0.05, 0) is 39.7 Å². The summed E-state index contributed by atoms with van der Waals surface area (Å²) in [6.45, 7) is 5.89. The predicted molar refractivity (Wildman–Crippen MR) is 101 cm³/mol. The van der Waals surface area contributed by atoms with Gasteiger partial charge in [0, 0.05) is 24.5 Å². The van der Waals surface area contributed by atoms with Gasteiger partial charge in [0.15, 0.2) is 0 Å². The van der Waals surface area contributed by atoms with Crippen molar-refractivity contribution in [2.75, 3.05) is 6.54 Å². The molecule has 0 bridgehead atoms. The van der Waals surface area contributed by atoms with Gasteiger partial charge >= 0.3 is 6.09 Å². The summed E-state index contributed by atoms with van der Waals surface area (Å²) in [5.74, 6) is -0.332. The number of nitrogens with zero attached hydrogens (tertiary/aromatic N) is 4. The van der Waals surface area contributed by atoms with E-state index in [4.69, 9.17) is 4.74 Å². The van der Waals surface area contributed by atoms with Crippen molar-refractivity contribution in [1.82, 2.24) is 20.3 Å². The number of hydrogen-bond acceptors (Lipinski definition) is 6. The number of para-hydroxylation sites is 1. The summed E-state index contributed by atoms with van der Waals surface area (Å²) in [7, 11) is 0. The van der Waals surface area contributed by atoms with Crippen molar-refractivity contribution in [2.45, 2.75) is 45.3 Å². The molecule has 0 saturated carbocycles. The van der Waals surface area contributed by atoms with E-state index < -0.39 is 17.7 Å². The number of amides is 2. The minimum Gasteiger partial charge on any atom is -0.444 e. The van der Waals surface area contributed by atoms with Crippen LogP contribution in [-0.4, -0.2) is 51.3 Å². The molecule has 1 N–H and O–H groups in total. The number of carbonyl (C=O) groups is 2. The van der Waals surface area contributed by atoms with Crippen LogP contribution in [0, 0.1) is 0 Å². The molecule has 2 aromatic rings. The Balaban J connectivity index is 1.66. The molecule has 1 saturated heterocycles. The molecule has 8 heteroatoms. The van der Waals surface area contributed by atoms with Gasteiger partial charge in [0.05, 0.1) is 17.2 Å². The molecule has 0 radical (unpaired) electrons. The van der Waals surface area contributed by atoms with Crippen LogP contribution in [0.4, 0.5) is 4.79 Å². The third kappa shape index (κ3) is 4.58. The van der Waals surface area contributed by atoms with E-state index in [1.54, 1.807) is 33.2 Å².